The third-order valence-electron chi connectivity index (χ3n) is 6.57. The topological polar surface area (TPSA) is 81.6 Å². The molecule has 0 bridgehead atoms. The number of aliphatic hydroxyl groups is 1. The number of hydrogen-bond acceptors (Lipinski definition) is 6. The Bertz CT molecular complexity index is 897. The number of carbonyl (C=O) groups excluding carboxylic acids is 1. The lowest BCUT2D eigenvalue weighted by Crippen LogP contribution is -2.42. The molecule has 4 rings (SSSR count). The van der Waals surface area contributed by atoms with E-state index in [-0.39, 0.29) is 12.5 Å². The molecule has 2 aromatic rings. The summed E-state index contributed by atoms with van der Waals surface area (Å²) in [5.74, 6) is 0.362. The molecule has 0 spiro atoms. The number of β-amino-alcohol motifs (C(OH)–C–C–N with tert-alkyl or cyclic N) is 1. The molecule has 1 atom stereocenters. The minimum Gasteiger partial charge on any atom is -0.390 e. The summed E-state index contributed by atoms with van der Waals surface area (Å²) in [6.07, 6.45) is 5.07. The van der Waals surface area contributed by atoms with Gasteiger partial charge in [-0.25, -0.2) is 9.97 Å². The van der Waals surface area contributed by atoms with Gasteiger partial charge < -0.3 is 15.3 Å². The number of aliphatic hydroxyl groups excluding tert-OH is 1. The minimum atomic E-state index is -0.617. The molecule has 0 saturated heterocycles. The number of carbonyl (C=O) groups is 1. The van der Waals surface area contributed by atoms with Crippen molar-refractivity contribution in [1.82, 2.24) is 25.1 Å². The van der Waals surface area contributed by atoms with Crippen molar-refractivity contribution in [1.29, 1.82) is 0 Å². The fourth-order valence-corrected chi connectivity index (χ4v) is 4.59. The van der Waals surface area contributed by atoms with E-state index in [1.807, 2.05) is 0 Å². The highest BCUT2D eigenvalue weighted by atomic mass is 16.3. The molecule has 7 heteroatoms. The highest BCUT2D eigenvalue weighted by Gasteiger charge is 2.30. The molecular formula is C24H33N5O2. The molecule has 1 fully saturated rings. The summed E-state index contributed by atoms with van der Waals surface area (Å²) >= 11 is 0. The highest BCUT2D eigenvalue weighted by molar-refractivity contribution is 5.92. The van der Waals surface area contributed by atoms with Crippen molar-refractivity contribution in [2.45, 2.75) is 44.4 Å². The number of nitrogens with one attached hydrogen (secondary N) is 1. The van der Waals surface area contributed by atoms with Crippen LogP contribution >= 0.6 is 0 Å². The summed E-state index contributed by atoms with van der Waals surface area (Å²) in [6.45, 7) is 2.52. The molecule has 2 N–H and O–H groups in total. The molecule has 2 aliphatic rings. The standard InChI is InChI=1S/C24H33N5O2/c1-28(2)21-10-17(11-21)9-20-12-23(27-16-26-20)24(31)25-13-22(30)15-29-8-7-18-5-3-4-6-19(18)14-29/h3-6,12,16-17,21-22,30H,7-11,13-15H2,1-2H3,(H,25,31)/t17?,21?,22-/m0/s1. The Morgan fingerprint density at radius 3 is 2.81 bits per heavy atom. The first kappa shape index (κ1) is 21.9. The van der Waals surface area contributed by atoms with Crippen LogP contribution in [-0.4, -0.2) is 76.7 Å². The number of aromatic nitrogens is 2. The Morgan fingerprint density at radius 1 is 1.26 bits per heavy atom. The van der Waals surface area contributed by atoms with Crippen LogP contribution in [0.5, 0.6) is 0 Å². The second kappa shape index (κ2) is 9.85. The van der Waals surface area contributed by atoms with Gasteiger partial charge in [0.1, 0.15) is 12.0 Å². The fraction of sp³-hybridized carbons (Fsp3) is 0.542. The van der Waals surface area contributed by atoms with E-state index in [0.717, 1.165) is 31.6 Å². The maximum absolute atomic E-state index is 12.5. The van der Waals surface area contributed by atoms with Gasteiger partial charge in [0.15, 0.2) is 0 Å². The second-order valence-electron chi connectivity index (χ2n) is 9.17. The van der Waals surface area contributed by atoms with Crippen LogP contribution < -0.4 is 5.32 Å². The van der Waals surface area contributed by atoms with E-state index in [1.165, 1.54) is 30.3 Å². The Balaban J connectivity index is 1.22. The molecule has 1 amide bonds. The van der Waals surface area contributed by atoms with Crippen molar-refractivity contribution in [3.8, 4) is 0 Å². The molecule has 166 valence electrons. The molecule has 1 aromatic heterocycles. The lowest BCUT2D eigenvalue weighted by atomic mass is 9.77. The molecule has 0 unspecified atom stereocenters. The second-order valence-corrected chi connectivity index (χ2v) is 9.17. The van der Waals surface area contributed by atoms with Crippen LogP contribution in [0.25, 0.3) is 0 Å². The third kappa shape index (κ3) is 5.67. The van der Waals surface area contributed by atoms with Gasteiger partial charge in [0, 0.05) is 37.9 Å². The van der Waals surface area contributed by atoms with Crippen molar-refractivity contribution in [2.75, 3.05) is 33.7 Å². The molecule has 7 nitrogen and oxygen atoms in total. The van der Waals surface area contributed by atoms with Crippen LogP contribution in [0.1, 0.15) is 40.2 Å². The van der Waals surface area contributed by atoms with E-state index in [4.69, 9.17) is 0 Å². The monoisotopic (exact) mass is 423 g/mol. The first-order valence-electron chi connectivity index (χ1n) is 11.2. The Kier molecular flexibility index (Phi) is 6.95. The van der Waals surface area contributed by atoms with Crippen LogP contribution in [0, 0.1) is 5.92 Å². The van der Waals surface area contributed by atoms with E-state index in [1.54, 1.807) is 6.07 Å². The molecule has 1 aliphatic heterocycles. The summed E-state index contributed by atoms with van der Waals surface area (Å²) in [5, 5.41) is 13.3. The molecule has 1 saturated carbocycles. The third-order valence-corrected chi connectivity index (χ3v) is 6.57. The Labute approximate surface area is 184 Å². The van der Waals surface area contributed by atoms with E-state index in [9.17, 15) is 9.90 Å². The van der Waals surface area contributed by atoms with Crippen molar-refractivity contribution < 1.29 is 9.90 Å². The fourth-order valence-electron chi connectivity index (χ4n) is 4.59. The lowest BCUT2D eigenvalue weighted by molar-refractivity contribution is 0.0837. The van der Waals surface area contributed by atoms with Crippen LogP contribution in [-0.2, 0) is 19.4 Å². The zero-order valence-electron chi connectivity index (χ0n) is 18.5. The van der Waals surface area contributed by atoms with Crippen molar-refractivity contribution in [2.24, 2.45) is 5.92 Å². The number of amides is 1. The summed E-state index contributed by atoms with van der Waals surface area (Å²) in [5.41, 5.74) is 3.99. The average molecular weight is 424 g/mol. The van der Waals surface area contributed by atoms with Crippen molar-refractivity contribution in [3.63, 3.8) is 0 Å². The maximum atomic E-state index is 12.5. The maximum Gasteiger partial charge on any atom is 0.270 e. The SMILES string of the molecule is CN(C)C1CC(Cc2cc(C(=O)NC[C@H](O)CN3CCc4ccccc4C3)ncn2)C1. The predicted octanol–water partition coefficient (Wildman–Crippen LogP) is 1.51. The van der Waals surface area contributed by atoms with Gasteiger partial charge in [-0.05, 0) is 62.9 Å². The zero-order valence-corrected chi connectivity index (χ0v) is 18.5. The van der Waals surface area contributed by atoms with Crippen molar-refractivity contribution >= 4 is 5.91 Å². The van der Waals surface area contributed by atoms with Gasteiger partial charge in [-0.15, -0.1) is 0 Å². The zero-order chi connectivity index (χ0) is 21.8. The van der Waals surface area contributed by atoms with Gasteiger partial charge in [0.05, 0.1) is 6.10 Å². The Hall–Kier alpha value is -2.35. The molecule has 31 heavy (non-hydrogen) atoms. The van der Waals surface area contributed by atoms with Gasteiger partial charge in [-0.2, -0.15) is 0 Å². The van der Waals surface area contributed by atoms with E-state index >= 15 is 0 Å². The van der Waals surface area contributed by atoms with Gasteiger partial charge in [-0.3, -0.25) is 9.69 Å². The Morgan fingerprint density at radius 2 is 2.03 bits per heavy atom. The normalized spacial score (nSPS) is 21.9. The molecule has 2 heterocycles. The number of benzene rings is 1. The quantitative estimate of drug-likeness (QED) is 0.670. The predicted molar refractivity (Wildman–Crippen MR) is 120 cm³/mol. The van der Waals surface area contributed by atoms with Crippen LogP contribution in [0.15, 0.2) is 36.7 Å². The summed E-state index contributed by atoms with van der Waals surface area (Å²) < 4.78 is 0. The first-order valence-corrected chi connectivity index (χ1v) is 11.2. The van der Waals surface area contributed by atoms with E-state index in [2.05, 4.69) is 63.4 Å². The summed E-state index contributed by atoms with van der Waals surface area (Å²) in [6, 6.07) is 10.9. The summed E-state index contributed by atoms with van der Waals surface area (Å²) in [7, 11) is 4.24. The molecular weight excluding hydrogens is 390 g/mol. The van der Waals surface area contributed by atoms with E-state index in [0.29, 0.717) is 24.2 Å². The molecule has 1 aliphatic carbocycles. The number of hydrogen-bond donors (Lipinski definition) is 2. The van der Waals surface area contributed by atoms with Crippen molar-refractivity contribution in [3.05, 3.63) is 59.2 Å². The molecule has 0 radical (unpaired) electrons. The molecule has 1 aromatic carbocycles. The van der Waals surface area contributed by atoms with Crippen LogP contribution in [0.3, 0.4) is 0 Å². The van der Waals surface area contributed by atoms with Gasteiger partial charge in [-0.1, -0.05) is 24.3 Å². The van der Waals surface area contributed by atoms with Crippen LogP contribution in [0.2, 0.25) is 0 Å². The van der Waals surface area contributed by atoms with E-state index < -0.39 is 6.10 Å². The van der Waals surface area contributed by atoms with Crippen LogP contribution in [0.4, 0.5) is 0 Å². The summed E-state index contributed by atoms with van der Waals surface area (Å²) in [4.78, 5) is 25.5. The van der Waals surface area contributed by atoms with Gasteiger partial charge >= 0.3 is 0 Å². The largest absolute Gasteiger partial charge is 0.390 e. The highest BCUT2D eigenvalue weighted by Crippen LogP contribution is 2.32. The smallest absolute Gasteiger partial charge is 0.270 e. The number of nitrogens with zero attached hydrogens (tertiary/aromatic N) is 4. The minimum absolute atomic E-state index is 0.212. The number of rotatable bonds is 8. The number of fused-ring (bicyclic) bond motifs is 1. The average Bonchev–Trinajstić information content (AvgIpc) is 2.74. The lowest BCUT2D eigenvalue weighted by Gasteiger charge is -2.39. The van der Waals surface area contributed by atoms with Gasteiger partial charge in [0.2, 0.25) is 0 Å². The van der Waals surface area contributed by atoms with Gasteiger partial charge in [0.25, 0.3) is 5.91 Å². The first-order chi connectivity index (χ1) is 15.0.